The van der Waals surface area contributed by atoms with Crippen LogP contribution in [-0.2, 0) is 28.2 Å². The number of aromatic nitrogens is 3. The number of rotatable bonds is 7. The molecule has 29 heavy (non-hydrogen) atoms. The predicted octanol–water partition coefficient (Wildman–Crippen LogP) is 1.86. The predicted molar refractivity (Wildman–Crippen MR) is 114 cm³/mol. The lowest BCUT2D eigenvalue weighted by Crippen LogP contribution is -2.33. The quantitative estimate of drug-likeness (QED) is 0.528. The zero-order chi connectivity index (χ0) is 20.2. The zero-order valence-corrected chi connectivity index (χ0v) is 17.1. The summed E-state index contributed by atoms with van der Waals surface area (Å²) in [5, 5.41) is 5.95. The van der Waals surface area contributed by atoms with Crippen molar-refractivity contribution in [3.05, 3.63) is 51.1 Å². The molecule has 3 N–H and O–H groups in total. The number of nitrogens with zero attached hydrogens (tertiary/aromatic N) is 2. The molecule has 8 nitrogen and oxygen atoms in total. The smallest absolute Gasteiger partial charge is 0.259 e. The van der Waals surface area contributed by atoms with Gasteiger partial charge in [0.05, 0.1) is 35.3 Å². The van der Waals surface area contributed by atoms with Crippen molar-refractivity contribution < 1.29 is 9.59 Å². The van der Waals surface area contributed by atoms with Crippen LogP contribution in [0, 0.1) is 0 Å². The molecule has 1 aliphatic carbocycles. The molecule has 3 heterocycles. The minimum Gasteiger partial charge on any atom is -0.346 e. The van der Waals surface area contributed by atoms with Crippen LogP contribution in [0.25, 0.3) is 10.2 Å². The van der Waals surface area contributed by atoms with E-state index < -0.39 is 0 Å². The Hall–Kier alpha value is -2.72. The largest absolute Gasteiger partial charge is 0.346 e. The summed E-state index contributed by atoms with van der Waals surface area (Å²) in [7, 11) is 0. The summed E-state index contributed by atoms with van der Waals surface area (Å²) in [5.74, 6) is 0.578. The number of carbonyl (C=O) groups is 2. The van der Waals surface area contributed by atoms with Gasteiger partial charge in [0.25, 0.3) is 5.56 Å². The van der Waals surface area contributed by atoms with E-state index in [1.807, 2.05) is 0 Å². The van der Waals surface area contributed by atoms with Crippen LogP contribution in [0.2, 0.25) is 0 Å². The van der Waals surface area contributed by atoms with Gasteiger partial charge in [-0.3, -0.25) is 19.4 Å². The molecule has 0 radical (unpaired) electrons. The Morgan fingerprint density at radius 2 is 2.17 bits per heavy atom. The Bertz CT molecular complexity index is 1110. The van der Waals surface area contributed by atoms with Gasteiger partial charge in [-0.1, -0.05) is 0 Å². The van der Waals surface area contributed by atoms with E-state index in [1.165, 1.54) is 22.8 Å². The number of aryl methyl sites for hydroxylation is 2. The Kier molecular flexibility index (Phi) is 5.91. The molecule has 0 spiro atoms. The minimum absolute atomic E-state index is 0.0958. The molecular weight excluding hydrogens is 410 g/mol. The number of thioether (sulfide) groups is 1. The van der Waals surface area contributed by atoms with Gasteiger partial charge in [0.15, 0.2) is 0 Å². The Morgan fingerprint density at radius 3 is 3.00 bits per heavy atom. The first kappa shape index (κ1) is 19.6. The average Bonchev–Trinajstić information content (AvgIpc) is 3.28. The van der Waals surface area contributed by atoms with E-state index in [9.17, 15) is 14.4 Å². The summed E-state index contributed by atoms with van der Waals surface area (Å²) in [4.78, 5) is 49.5. The second-order valence-corrected chi connectivity index (χ2v) is 8.68. The lowest BCUT2D eigenvalue weighted by atomic mass is 10.2. The van der Waals surface area contributed by atoms with Crippen LogP contribution in [0.15, 0.2) is 29.3 Å². The third kappa shape index (κ3) is 4.65. The summed E-state index contributed by atoms with van der Waals surface area (Å²) >= 11 is 2.93. The van der Waals surface area contributed by atoms with E-state index in [4.69, 9.17) is 0 Å². The van der Waals surface area contributed by atoms with Crippen LogP contribution in [0.5, 0.6) is 0 Å². The number of fused-ring (bicyclic) bond motifs is 3. The average molecular weight is 430 g/mol. The molecule has 0 atom stereocenters. The molecule has 0 fully saturated rings. The third-order valence-corrected chi connectivity index (χ3v) is 6.62. The van der Waals surface area contributed by atoms with Crippen molar-refractivity contribution in [1.29, 1.82) is 0 Å². The molecule has 0 unspecified atom stereocenters. The highest BCUT2D eigenvalue weighted by Crippen LogP contribution is 2.34. The van der Waals surface area contributed by atoms with E-state index in [2.05, 4.69) is 25.6 Å². The van der Waals surface area contributed by atoms with Gasteiger partial charge in [0.1, 0.15) is 10.7 Å². The molecule has 0 bridgehead atoms. The van der Waals surface area contributed by atoms with Gasteiger partial charge in [0, 0.05) is 11.1 Å². The topological polar surface area (TPSA) is 117 Å². The van der Waals surface area contributed by atoms with Gasteiger partial charge in [-0.05, 0) is 37.0 Å². The van der Waals surface area contributed by atoms with Crippen LogP contribution >= 0.6 is 23.1 Å². The van der Waals surface area contributed by atoms with E-state index in [1.54, 1.807) is 29.7 Å². The molecule has 150 valence electrons. The number of amides is 2. The summed E-state index contributed by atoms with van der Waals surface area (Å²) < 4.78 is 0. The van der Waals surface area contributed by atoms with Crippen molar-refractivity contribution in [3.63, 3.8) is 0 Å². The van der Waals surface area contributed by atoms with Gasteiger partial charge in [-0.15, -0.1) is 23.1 Å². The van der Waals surface area contributed by atoms with Crippen molar-refractivity contribution in [2.75, 3.05) is 17.6 Å². The maximum absolute atomic E-state index is 12.4. The number of hydrogen-bond donors (Lipinski definition) is 3. The van der Waals surface area contributed by atoms with Crippen LogP contribution < -0.4 is 16.2 Å². The number of H-pyrrole nitrogens is 1. The van der Waals surface area contributed by atoms with Gasteiger partial charge in [-0.25, -0.2) is 4.98 Å². The SMILES string of the molecule is O=C(CSCc1nc2sc3c(c2c(=O)[nH]1)CCC3)NCC(=O)Nc1cccnc1. The van der Waals surface area contributed by atoms with Crippen molar-refractivity contribution >= 4 is 50.8 Å². The molecule has 2 amide bonds. The molecule has 1 aliphatic rings. The van der Waals surface area contributed by atoms with Gasteiger partial charge in [-0.2, -0.15) is 0 Å². The van der Waals surface area contributed by atoms with Gasteiger partial charge in [0.2, 0.25) is 11.8 Å². The lowest BCUT2D eigenvalue weighted by molar-refractivity contribution is -0.122. The van der Waals surface area contributed by atoms with E-state index in [0.29, 0.717) is 17.3 Å². The fourth-order valence-corrected chi connectivity index (χ4v) is 5.23. The van der Waals surface area contributed by atoms with Crippen LogP contribution in [0.4, 0.5) is 5.69 Å². The maximum atomic E-state index is 12.4. The summed E-state index contributed by atoms with van der Waals surface area (Å²) in [6, 6.07) is 3.43. The fraction of sp³-hybridized carbons (Fsp3) is 0.316. The van der Waals surface area contributed by atoms with Crippen LogP contribution in [-0.4, -0.2) is 39.1 Å². The maximum Gasteiger partial charge on any atom is 0.259 e. The second-order valence-electron chi connectivity index (χ2n) is 6.61. The molecule has 3 aromatic heterocycles. The summed E-state index contributed by atoms with van der Waals surface area (Å²) in [6.07, 6.45) is 6.21. The first-order valence-electron chi connectivity index (χ1n) is 9.18. The van der Waals surface area contributed by atoms with E-state index >= 15 is 0 Å². The molecule has 0 saturated carbocycles. The molecular formula is C19H19N5O3S2. The second kappa shape index (κ2) is 8.75. The number of nitrogens with one attached hydrogen (secondary N) is 3. The van der Waals surface area contributed by atoms with Gasteiger partial charge < -0.3 is 15.6 Å². The number of aromatic amines is 1. The first-order valence-corrected chi connectivity index (χ1v) is 11.1. The first-order chi connectivity index (χ1) is 14.1. The minimum atomic E-state index is -0.321. The van der Waals surface area contributed by atoms with Crippen molar-refractivity contribution in [1.82, 2.24) is 20.3 Å². The highest BCUT2D eigenvalue weighted by atomic mass is 32.2. The van der Waals surface area contributed by atoms with Crippen molar-refractivity contribution in [2.45, 2.75) is 25.0 Å². The fourth-order valence-electron chi connectivity index (χ4n) is 3.23. The van der Waals surface area contributed by atoms with Crippen LogP contribution in [0.3, 0.4) is 0 Å². The Balaban J connectivity index is 1.25. The zero-order valence-electron chi connectivity index (χ0n) is 15.5. The summed E-state index contributed by atoms with van der Waals surface area (Å²) in [6.45, 7) is -0.115. The number of thiophene rings is 1. The summed E-state index contributed by atoms with van der Waals surface area (Å²) in [5.41, 5.74) is 1.63. The lowest BCUT2D eigenvalue weighted by Gasteiger charge is -2.06. The highest BCUT2D eigenvalue weighted by Gasteiger charge is 2.21. The number of anilines is 1. The van der Waals surface area contributed by atoms with Crippen molar-refractivity contribution in [2.24, 2.45) is 0 Å². The van der Waals surface area contributed by atoms with Gasteiger partial charge >= 0.3 is 0 Å². The van der Waals surface area contributed by atoms with Crippen LogP contribution in [0.1, 0.15) is 22.7 Å². The number of carbonyl (C=O) groups excluding carboxylic acids is 2. The monoisotopic (exact) mass is 429 g/mol. The number of pyridine rings is 1. The molecule has 0 aliphatic heterocycles. The molecule has 10 heteroatoms. The molecule has 4 rings (SSSR count). The molecule has 3 aromatic rings. The third-order valence-electron chi connectivity index (χ3n) is 4.49. The number of hydrogen-bond acceptors (Lipinski definition) is 7. The standard InChI is InChI=1S/C19H19N5O3S2/c25-15(22-11-3-2-6-20-7-11)8-21-16(26)10-28-9-14-23-18(27)17-12-4-1-5-13(12)29-19(17)24-14/h2-3,6-7H,1,4-5,8-10H2,(H,21,26)(H,22,25)(H,23,24,27). The highest BCUT2D eigenvalue weighted by molar-refractivity contribution is 7.99. The van der Waals surface area contributed by atoms with E-state index in [0.717, 1.165) is 35.0 Å². The molecule has 0 saturated heterocycles. The van der Waals surface area contributed by atoms with E-state index in [-0.39, 0.29) is 29.7 Å². The Labute approximate surface area is 174 Å². The normalized spacial score (nSPS) is 12.7. The van der Waals surface area contributed by atoms with Crippen molar-refractivity contribution in [3.8, 4) is 0 Å². The molecule has 0 aromatic carbocycles. The Morgan fingerprint density at radius 1 is 1.28 bits per heavy atom.